The van der Waals surface area contributed by atoms with Crippen LogP contribution in [0.4, 0.5) is 5.69 Å². The number of anilines is 1. The Hall–Kier alpha value is -3.72. The molecule has 132 valence electrons. The Morgan fingerprint density at radius 1 is 1.07 bits per heavy atom. The van der Waals surface area contributed by atoms with Gasteiger partial charge in [-0.2, -0.15) is 0 Å². The lowest BCUT2D eigenvalue weighted by Gasteiger charge is -2.07. The van der Waals surface area contributed by atoms with Gasteiger partial charge in [-0.1, -0.05) is 12.0 Å². The molecule has 0 unspecified atom stereocenters. The summed E-state index contributed by atoms with van der Waals surface area (Å²) >= 11 is 0. The lowest BCUT2D eigenvalue weighted by Crippen LogP contribution is -2.17. The van der Waals surface area contributed by atoms with Crippen molar-refractivity contribution in [3.63, 3.8) is 0 Å². The first kappa shape index (κ1) is 16.7. The van der Waals surface area contributed by atoms with Crippen molar-refractivity contribution in [1.82, 2.24) is 15.0 Å². The first-order valence-electron chi connectivity index (χ1n) is 8.62. The molecule has 1 fully saturated rings. The van der Waals surface area contributed by atoms with Crippen molar-refractivity contribution in [2.45, 2.75) is 18.8 Å². The number of hydrogen-bond acceptors (Lipinski definition) is 4. The van der Waals surface area contributed by atoms with E-state index in [1.807, 2.05) is 6.07 Å². The van der Waals surface area contributed by atoms with Gasteiger partial charge in [0, 0.05) is 41.0 Å². The summed E-state index contributed by atoms with van der Waals surface area (Å²) < 4.78 is 0. The van der Waals surface area contributed by atoms with Crippen molar-refractivity contribution in [3.8, 4) is 11.8 Å². The van der Waals surface area contributed by atoms with Gasteiger partial charge in [0.15, 0.2) is 0 Å². The first-order chi connectivity index (χ1) is 13.2. The molecule has 2 N–H and O–H groups in total. The first-order valence-corrected chi connectivity index (χ1v) is 8.62. The molecule has 0 spiro atoms. The molecular weight excluding hydrogens is 340 g/mol. The number of amides is 1. The highest BCUT2D eigenvalue weighted by Gasteiger charge is 2.25. The van der Waals surface area contributed by atoms with E-state index in [0.29, 0.717) is 23.0 Å². The zero-order chi connectivity index (χ0) is 18.6. The van der Waals surface area contributed by atoms with Crippen LogP contribution in [0.2, 0.25) is 0 Å². The average molecular weight is 356 g/mol. The lowest BCUT2D eigenvalue weighted by molar-refractivity contribution is 0.102. The van der Waals surface area contributed by atoms with Crippen LogP contribution in [0.25, 0.3) is 0 Å². The third-order valence-electron chi connectivity index (χ3n) is 4.15. The fourth-order valence-electron chi connectivity index (χ4n) is 2.68. The Labute approximate surface area is 155 Å². The number of nitrogens with one attached hydrogen (secondary N) is 2. The molecular formula is C21H16N4O2. The molecule has 0 radical (unpaired) electrons. The standard InChI is InChI=1S/C21H16N4O2/c26-20-13-16(12-18(25-20)15-6-7-15)21(27)24-17-4-1-3-14(11-17)5-8-19-22-9-2-10-23-19/h1-4,9-13,15H,6-7H2,(H,24,27)(H,25,26). The van der Waals surface area contributed by atoms with E-state index in [4.69, 9.17) is 0 Å². The molecule has 0 saturated heterocycles. The van der Waals surface area contributed by atoms with E-state index in [2.05, 4.69) is 32.1 Å². The van der Waals surface area contributed by atoms with Gasteiger partial charge in [0.2, 0.25) is 11.4 Å². The van der Waals surface area contributed by atoms with Gasteiger partial charge in [0.25, 0.3) is 5.91 Å². The number of carbonyl (C=O) groups is 1. The second kappa shape index (κ2) is 7.26. The van der Waals surface area contributed by atoms with Crippen LogP contribution in [-0.4, -0.2) is 20.9 Å². The Morgan fingerprint density at radius 2 is 1.89 bits per heavy atom. The van der Waals surface area contributed by atoms with E-state index in [9.17, 15) is 9.59 Å². The topological polar surface area (TPSA) is 87.7 Å². The average Bonchev–Trinajstić information content (AvgIpc) is 3.52. The van der Waals surface area contributed by atoms with Crippen molar-refractivity contribution in [3.05, 3.63) is 87.9 Å². The maximum atomic E-state index is 12.5. The summed E-state index contributed by atoms with van der Waals surface area (Å²) in [5.74, 6) is 6.33. The molecule has 0 atom stereocenters. The number of aromatic amines is 1. The number of benzene rings is 1. The summed E-state index contributed by atoms with van der Waals surface area (Å²) in [7, 11) is 0. The van der Waals surface area contributed by atoms with Crippen LogP contribution in [0.3, 0.4) is 0 Å². The third-order valence-corrected chi connectivity index (χ3v) is 4.15. The molecule has 1 aliphatic carbocycles. The van der Waals surface area contributed by atoms with E-state index in [1.54, 1.807) is 42.7 Å². The number of carbonyl (C=O) groups excluding carboxylic acids is 1. The summed E-state index contributed by atoms with van der Waals surface area (Å²) in [5, 5.41) is 2.82. The van der Waals surface area contributed by atoms with Crippen molar-refractivity contribution in [1.29, 1.82) is 0 Å². The van der Waals surface area contributed by atoms with Crippen LogP contribution >= 0.6 is 0 Å². The highest BCUT2D eigenvalue weighted by atomic mass is 16.2. The molecule has 2 aromatic heterocycles. The molecule has 1 aromatic carbocycles. The van der Waals surface area contributed by atoms with Gasteiger partial charge in [0.05, 0.1) is 0 Å². The molecule has 0 bridgehead atoms. The molecule has 1 amide bonds. The van der Waals surface area contributed by atoms with Crippen molar-refractivity contribution in [2.75, 3.05) is 5.32 Å². The van der Waals surface area contributed by atoms with Crippen molar-refractivity contribution in [2.24, 2.45) is 0 Å². The zero-order valence-corrected chi connectivity index (χ0v) is 14.4. The Balaban J connectivity index is 1.52. The predicted molar refractivity (Wildman–Crippen MR) is 101 cm³/mol. The minimum Gasteiger partial charge on any atom is -0.326 e. The van der Waals surface area contributed by atoms with Crippen LogP contribution < -0.4 is 10.9 Å². The van der Waals surface area contributed by atoms with Crippen LogP contribution in [0.5, 0.6) is 0 Å². The summed E-state index contributed by atoms with van der Waals surface area (Å²) in [4.78, 5) is 35.3. The largest absolute Gasteiger partial charge is 0.326 e. The molecule has 4 rings (SSSR count). The SMILES string of the molecule is O=C(Nc1cccc(C#Cc2ncccn2)c1)c1cc(C2CC2)[nH]c(=O)c1. The number of nitrogens with zero attached hydrogens (tertiary/aromatic N) is 2. The smallest absolute Gasteiger partial charge is 0.255 e. The Bertz CT molecular complexity index is 1110. The Morgan fingerprint density at radius 3 is 2.67 bits per heavy atom. The van der Waals surface area contributed by atoms with E-state index in [0.717, 1.165) is 24.1 Å². The van der Waals surface area contributed by atoms with Crippen LogP contribution in [0, 0.1) is 11.8 Å². The molecule has 27 heavy (non-hydrogen) atoms. The predicted octanol–water partition coefficient (Wildman–Crippen LogP) is 2.69. The van der Waals surface area contributed by atoms with Gasteiger partial charge in [0.1, 0.15) is 0 Å². The molecule has 3 aromatic rings. The molecule has 0 aliphatic heterocycles. The quantitative estimate of drug-likeness (QED) is 0.706. The summed E-state index contributed by atoms with van der Waals surface area (Å²) in [5.41, 5.74) is 2.26. The summed E-state index contributed by atoms with van der Waals surface area (Å²) in [6.07, 6.45) is 5.36. The molecule has 6 heteroatoms. The van der Waals surface area contributed by atoms with Gasteiger partial charge in [-0.15, -0.1) is 0 Å². The number of H-pyrrole nitrogens is 1. The highest BCUT2D eigenvalue weighted by Crippen LogP contribution is 2.38. The number of rotatable bonds is 3. The summed E-state index contributed by atoms with van der Waals surface area (Å²) in [6.45, 7) is 0. The third kappa shape index (κ3) is 4.28. The number of aromatic nitrogens is 3. The lowest BCUT2D eigenvalue weighted by atomic mass is 10.1. The van der Waals surface area contributed by atoms with E-state index in [-0.39, 0.29) is 11.5 Å². The molecule has 1 aliphatic rings. The van der Waals surface area contributed by atoms with Crippen LogP contribution in [0.15, 0.2) is 59.7 Å². The second-order valence-corrected chi connectivity index (χ2v) is 6.32. The molecule has 2 heterocycles. The van der Waals surface area contributed by atoms with E-state index < -0.39 is 0 Å². The van der Waals surface area contributed by atoms with Crippen LogP contribution in [0.1, 0.15) is 46.2 Å². The van der Waals surface area contributed by atoms with Gasteiger partial charge < -0.3 is 10.3 Å². The Kier molecular flexibility index (Phi) is 4.50. The van der Waals surface area contributed by atoms with Gasteiger partial charge in [-0.05, 0) is 55.0 Å². The number of pyridine rings is 1. The molecule has 1 saturated carbocycles. The minimum absolute atomic E-state index is 0.257. The van der Waals surface area contributed by atoms with Crippen molar-refractivity contribution < 1.29 is 4.79 Å². The van der Waals surface area contributed by atoms with Crippen LogP contribution in [-0.2, 0) is 0 Å². The summed E-state index contributed by atoms with van der Waals surface area (Å²) in [6, 6.07) is 12.0. The van der Waals surface area contributed by atoms with Crippen molar-refractivity contribution >= 4 is 11.6 Å². The van der Waals surface area contributed by atoms with Gasteiger partial charge in [-0.25, -0.2) is 9.97 Å². The monoisotopic (exact) mass is 356 g/mol. The van der Waals surface area contributed by atoms with Gasteiger partial charge in [-0.3, -0.25) is 9.59 Å². The zero-order valence-electron chi connectivity index (χ0n) is 14.4. The highest BCUT2D eigenvalue weighted by molar-refractivity contribution is 6.04. The normalized spacial score (nSPS) is 12.7. The second-order valence-electron chi connectivity index (χ2n) is 6.32. The fourth-order valence-corrected chi connectivity index (χ4v) is 2.68. The van der Waals surface area contributed by atoms with E-state index in [1.165, 1.54) is 6.07 Å². The van der Waals surface area contributed by atoms with Gasteiger partial charge >= 0.3 is 0 Å². The fraction of sp³-hybridized carbons (Fsp3) is 0.143. The van der Waals surface area contributed by atoms with E-state index >= 15 is 0 Å². The molecule has 6 nitrogen and oxygen atoms in total. The maximum absolute atomic E-state index is 12.5. The number of hydrogen-bond donors (Lipinski definition) is 2. The minimum atomic E-state index is -0.320. The maximum Gasteiger partial charge on any atom is 0.255 e.